The van der Waals surface area contributed by atoms with Crippen molar-refractivity contribution in [3.63, 3.8) is 0 Å². The molecule has 0 aromatic carbocycles. The standard InChI is InChI=1S/C13H24N2/c14-11-15(12-7-3-1-4-8-12)13-9-5-2-6-10-13/h11-14H,1-10H2/p+1. The van der Waals surface area contributed by atoms with Crippen molar-refractivity contribution in [2.75, 3.05) is 0 Å². The summed E-state index contributed by atoms with van der Waals surface area (Å²) >= 11 is 0. The second-order valence-corrected chi connectivity index (χ2v) is 5.18. The minimum Gasteiger partial charge on any atom is -0.294 e. The molecule has 2 heteroatoms. The molecule has 0 unspecified atom stereocenters. The van der Waals surface area contributed by atoms with Crippen molar-refractivity contribution >= 4 is 6.34 Å². The van der Waals surface area contributed by atoms with Crippen LogP contribution in [0.3, 0.4) is 0 Å². The molecule has 2 fully saturated rings. The zero-order valence-corrected chi connectivity index (χ0v) is 9.83. The van der Waals surface area contributed by atoms with Gasteiger partial charge in [0.15, 0.2) is 0 Å². The lowest BCUT2D eigenvalue weighted by atomic mass is 9.90. The molecule has 0 atom stereocenters. The number of rotatable bonds is 2. The highest BCUT2D eigenvalue weighted by Gasteiger charge is 2.27. The zero-order chi connectivity index (χ0) is 10.5. The van der Waals surface area contributed by atoms with Crippen molar-refractivity contribution in [3.05, 3.63) is 0 Å². The molecule has 2 aliphatic rings. The van der Waals surface area contributed by atoms with E-state index in [0.717, 1.165) is 12.1 Å². The first kappa shape index (κ1) is 11.0. The van der Waals surface area contributed by atoms with Gasteiger partial charge in [-0.2, -0.15) is 0 Å². The van der Waals surface area contributed by atoms with Gasteiger partial charge in [-0.1, -0.05) is 12.8 Å². The first-order chi connectivity index (χ1) is 7.42. The van der Waals surface area contributed by atoms with Gasteiger partial charge >= 0.3 is 0 Å². The van der Waals surface area contributed by atoms with Gasteiger partial charge in [-0.15, -0.1) is 0 Å². The van der Waals surface area contributed by atoms with Gasteiger partial charge < -0.3 is 0 Å². The lowest BCUT2D eigenvalue weighted by molar-refractivity contribution is -0.604. The fraction of sp³-hybridized carbons (Fsp3) is 0.923. The van der Waals surface area contributed by atoms with Crippen LogP contribution in [0.25, 0.3) is 0 Å². The fourth-order valence-corrected chi connectivity index (χ4v) is 3.30. The third-order valence-corrected chi connectivity index (χ3v) is 4.16. The molecule has 0 aromatic rings. The lowest BCUT2D eigenvalue weighted by Crippen LogP contribution is -2.40. The highest BCUT2D eigenvalue weighted by Crippen LogP contribution is 2.26. The van der Waals surface area contributed by atoms with Crippen LogP contribution in [0, 0.1) is 0 Å². The van der Waals surface area contributed by atoms with Crippen molar-refractivity contribution in [1.82, 2.24) is 0 Å². The van der Waals surface area contributed by atoms with Crippen LogP contribution in [0.15, 0.2) is 0 Å². The van der Waals surface area contributed by atoms with Crippen LogP contribution in [0.1, 0.15) is 64.2 Å². The van der Waals surface area contributed by atoms with E-state index in [4.69, 9.17) is 5.73 Å². The quantitative estimate of drug-likeness (QED) is 0.423. The van der Waals surface area contributed by atoms with Crippen LogP contribution < -0.4 is 5.73 Å². The topological polar surface area (TPSA) is 29.0 Å². The summed E-state index contributed by atoms with van der Waals surface area (Å²) in [4.78, 5) is 0. The molecule has 2 aliphatic carbocycles. The molecular weight excluding hydrogens is 184 g/mol. The molecule has 0 aliphatic heterocycles. The second kappa shape index (κ2) is 5.53. The largest absolute Gasteiger partial charge is 0.294 e. The predicted molar refractivity (Wildman–Crippen MR) is 64.3 cm³/mol. The maximum atomic E-state index is 5.84. The van der Waals surface area contributed by atoms with Crippen molar-refractivity contribution < 1.29 is 4.58 Å². The summed E-state index contributed by atoms with van der Waals surface area (Å²) in [6.45, 7) is 0. The minimum atomic E-state index is 0.756. The third-order valence-electron chi connectivity index (χ3n) is 4.16. The molecule has 0 spiro atoms. The average Bonchev–Trinajstić information content (AvgIpc) is 2.33. The summed E-state index contributed by atoms with van der Waals surface area (Å²) in [5.74, 6) is 0. The van der Waals surface area contributed by atoms with Gasteiger partial charge in [0.05, 0.1) is 12.1 Å². The Hall–Kier alpha value is -0.530. The van der Waals surface area contributed by atoms with E-state index in [1.165, 1.54) is 64.2 Å². The molecule has 2 nitrogen and oxygen atoms in total. The van der Waals surface area contributed by atoms with Crippen molar-refractivity contribution in [2.24, 2.45) is 5.73 Å². The number of hydrogen-bond acceptors (Lipinski definition) is 0. The molecule has 0 radical (unpaired) electrons. The van der Waals surface area contributed by atoms with E-state index in [1.54, 1.807) is 0 Å². The van der Waals surface area contributed by atoms with E-state index in [-0.39, 0.29) is 0 Å². The van der Waals surface area contributed by atoms with Crippen LogP contribution in [0.2, 0.25) is 0 Å². The molecule has 0 amide bonds. The van der Waals surface area contributed by atoms with Gasteiger partial charge in [0, 0.05) is 0 Å². The lowest BCUT2D eigenvalue weighted by Gasteiger charge is -2.30. The fourth-order valence-electron chi connectivity index (χ4n) is 3.30. The van der Waals surface area contributed by atoms with Crippen LogP contribution in [-0.4, -0.2) is 23.0 Å². The van der Waals surface area contributed by atoms with Crippen LogP contribution in [0.5, 0.6) is 0 Å². The Kier molecular flexibility index (Phi) is 4.04. The van der Waals surface area contributed by atoms with Gasteiger partial charge in [0.25, 0.3) is 0 Å². The normalized spacial score (nSPS) is 25.1. The van der Waals surface area contributed by atoms with E-state index in [2.05, 4.69) is 4.58 Å². The van der Waals surface area contributed by atoms with E-state index < -0.39 is 0 Å². The second-order valence-electron chi connectivity index (χ2n) is 5.18. The summed E-state index contributed by atoms with van der Waals surface area (Å²) in [6, 6.07) is 1.51. The summed E-state index contributed by atoms with van der Waals surface area (Å²) in [6.07, 6.45) is 15.8. The Balaban J connectivity index is 1.95. The molecule has 0 heterocycles. The maximum Gasteiger partial charge on any atom is 0.230 e. The summed E-state index contributed by atoms with van der Waals surface area (Å²) in [5.41, 5.74) is 5.84. The summed E-state index contributed by atoms with van der Waals surface area (Å²) < 4.78 is 2.50. The maximum absolute atomic E-state index is 5.84. The third kappa shape index (κ3) is 2.73. The monoisotopic (exact) mass is 209 g/mol. The van der Waals surface area contributed by atoms with Gasteiger partial charge in [0.2, 0.25) is 6.34 Å². The molecule has 15 heavy (non-hydrogen) atoms. The zero-order valence-electron chi connectivity index (χ0n) is 9.83. The Bertz CT molecular complexity index is 191. The summed E-state index contributed by atoms with van der Waals surface area (Å²) in [5, 5.41) is 0. The Morgan fingerprint density at radius 1 is 0.733 bits per heavy atom. The smallest absolute Gasteiger partial charge is 0.230 e. The number of nitrogens with zero attached hydrogens (tertiary/aromatic N) is 1. The van der Waals surface area contributed by atoms with E-state index in [1.807, 2.05) is 6.34 Å². The predicted octanol–water partition coefficient (Wildman–Crippen LogP) is 2.65. The van der Waals surface area contributed by atoms with Gasteiger partial charge in [0.1, 0.15) is 0 Å². The molecule has 0 saturated heterocycles. The van der Waals surface area contributed by atoms with E-state index in [9.17, 15) is 0 Å². The Morgan fingerprint density at radius 2 is 1.13 bits per heavy atom. The van der Waals surface area contributed by atoms with Gasteiger partial charge in [-0.25, -0.2) is 0 Å². The first-order valence-electron chi connectivity index (χ1n) is 6.74. The van der Waals surface area contributed by atoms with Crippen LogP contribution in [0.4, 0.5) is 0 Å². The first-order valence-corrected chi connectivity index (χ1v) is 6.74. The molecule has 2 N–H and O–H groups in total. The van der Waals surface area contributed by atoms with Crippen molar-refractivity contribution in [3.8, 4) is 0 Å². The summed E-state index contributed by atoms with van der Waals surface area (Å²) in [7, 11) is 0. The van der Waals surface area contributed by atoms with Crippen LogP contribution in [-0.2, 0) is 0 Å². The van der Waals surface area contributed by atoms with Gasteiger partial charge in [-0.05, 0) is 51.4 Å². The van der Waals surface area contributed by atoms with Crippen molar-refractivity contribution in [1.29, 1.82) is 0 Å². The van der Waals surface area contributed by atoms with Crippen LogP contribution >= 0.6 is 0 Å². The number of hydrogen-bond donors (Lipinski definition) is 1. The molecule has 0 bridgehead atoms. The van der Waals surface area contributed by atoms with E-state index in [0.29, 0.717) is 0 Å². The Labute approximate surface area is 93.6 Å². The minimum absolute atomic E-state index is 0.756. The molecule has 2 saturated carbocycles. The Morgan fingerprint density at radius 3 is 1.47 bits per heavy atom. The van der Waals surface area contributed by atoms with E-state index >= 15 is 0 Å². The highest BCUT2D eigenvalue weighted by molar-refractivity contribution is 5.44. The highest BCUT2D eigenvalue weighted by atomic mass is 15.1. The number of nitrogens with two attached hydrogens (primary N) is 1. The molecule has 2 rings (SSSR count). The molecule has 0 aromatic heterocycles. The SMILES string of the molecule is NC=[N+](C1CCCCC1)C1CCCCC1. The average molecular weight is 209 g/mol. The van der Waals surface area contributed by atoms with Gasteiger partial charge in [-0.3, -0.25) is 10.3 Å². The molecular formula is C13H25N2+. The van der Waals surface area contributed by atoms with Crippen molar-refractivity contribution in [2.45, 2.75) is 76.3 Å². The molecule has 86 valence electrons.